The summed E-state index contributed by atoms with van der Waals surface area (Å²) in [5.41, 5.74) is 2.52. The van der Waals surface area contributed by atoms with Crippen LogP contribution in [-0.2, 0) is 4.84 Å². The average Bonchev–Trinajstić information content (AvgIpc) is 3.27. The monoisotopic (exact) mass is 314 g/mol. The lowest BCUT2D eigenvalue weighted by molar-refractivity contribution is 0.0639. The van der Waals surface area contributed by atoms with Crippen LogP contribution in [-0.4, -0.2) is 10.9 Å². The van der Waals surface area contributed by atoms with E-state index in [-0.39, 0.29) is 6.10 Å². The third-order valence-corrected chi connectivity index (χ3v) is 3.65. The molecule has 2 aromatic heterocycles. The Morgan fingerprint density at radius 3 is 2.73 bits per heavy atom. The summed E-state index contributed by atoms with van der Waals surface area (Å²) in [6.07, 6.45) is 0.360. The molecular weight excluding hydrogens is 304 g/mol. The summed E-state index contributed by atoms with van der Waals surface area (Å²) in [5, 5.41) is 8.43. The fourth-order valence-electron chi connectivity index (χ4n) is 2.34. The number of hydrogen-bond donors (Lipinski definition) is 0. The lowest BCUT2D eigenvalue weighted by atomic mass is 10.0. The smallest absolute Gasteiger partial charge is 0.194 e. The van der Waals surface area contributed by atoms with Gasteiger partial charge in [-0.05, 0) is 29.3 Å². The molecule has 110 valence electrons. The Hall–Kier alpha value is -2.53. The first-order valence-corrected chi connectivity index (χ1v) is 7.18. The Labute approximate surface area is 131 Å². The maximum absolute atomic E-state index is 5.76. The molecule has 0 fully saturated rings. The topological polar surface area (TPSA) is 60.8 Å². The van der Waals surface area contributed by atoms with E-state index >= 15 is 0 Å². The van der Waals surface area contributed by atoms with E-state index in [4.69, 9.17) is 25.4 Å². The van der Waals surface area contributed by atoms with E-state index < -0.39 is 0 Å². The zero-order valence-electron chi connectivity index (χ0n) is 11.4. The van der Waals surface area contributed by atoms with Crippen LogP contribution >= 0.6 is 11.6 Å². The number of rotatable bonds is 3. The van der Waals surface area contributed by atoms with Crippen molar-refractivity contribution in [2.24, 2.45) is 5.16 Å². The highest BCUT2D eigenvalue weighted by Crippen LogP contribution is 2.32. The van der Waals surface area contributed by atoms with Crippen molar-refractivity contribution < 1.29 is 13.8 Å². The molecule has 5 nitrogen and oxygen atoms in total. The van der Waals surface area contributed by atoms with E-state index in [2.05, 4.69) is 10.3 Å². The van der Waals surface area contributed by atoms with Gasteiger partial charge in [0.25, 0.3) is 0 Å². The normalized spacial score (nSPS) is 17.3. The minimum atomic E-state index is -0.276. The summed E-state index contributed by atoms with van der Waals surface area (Å²) in [6.45, 7) is 0. The molecule has 0 amide bonds. The quantitative estimate of drug-likeness (QED) is 0.716. The second kappa shape index (κ2) is 5.35. The highest BCUT2D eigenvalue weighted by atomic mass is 35.5. The molecule has 0 aliphatic carbocycles. The predicted molar refractivity (Wildman–Crippen MR) is 80.6 cm³/mol. The summed E-state index contributed by atoms with van der Waals surface area (Å²) in [4.78, 5) is 5.46. The zero-order chi connectivity index (χ0) is 14.9. The summed E-state index contributed by atoms with van der Waals surface area (Å²) >= 11 is 5.76. The highest BCUT2D eigenvalue weighted by Gasteiger charge is 2.28. The fraction of sp³-hybridized carbons (Fsp3) is 0.125. The first kappa shape index (κ1) is 13.2. The number of aromatic nitrogens is 1. The van der Waals surface area contributed by atoms with Gasteiger partial charge in [-0.1, -0.05) is 40.6 Å². The first-order chi connectivity index (χ1) is 10.8. The molecule has 1 atom stereocenters. The van der Waals surface area contributed by atoms with Crippen LogP contribution in [0.4, 0.5) is 0 Å². The van der Waals surface area contributed by atoms with Gasteiger partial charge in [-0.2, -0.15) is 0 Å². The lowest BCUT2D eigenvalue weighted by Crippen LogP contribution is -2.00. The zero-order valence-corrected chi connectivity index (χ0v) is 12.2. The lowest BCUT2D eigenvalue weighted by Gasteiger charge is -2.01. The van der Waals surface area contributed by atoms with Gasteiger partial charge in [-0.3, -0.25) is 0 Å². The molecule has 22 heavy (non-hydrogen) atoms. The van der Waals surface area contributed by atoms with Gasteiger partial charge < -0.3 is 13.8 Å². The molecule has 1 aliphatic heterocycles. The molecule has 0 saturated carbocycles. The van der Waals surface area contributed by atoms with Crippen molar-refractivity contribution in [2.45, 2.75) is 12.5 Å². The van der Waals surface area contributed by atoms with Crippen molar-refractivity contribution in [3.63, 3.8) is 0 Å². The van der Waals surface area contributed by atoms with Gasteiger partial charge in [0.15, 0.2) is 22.8 Å². The van der Waals surface area contributed by atoms with Gasteiger partial charge in [0.2, 0.25) is 0 Å². The summed E-state index contributed by atoms with van der Waals surface area (Å²) < 4.78 is 10.7. The molecule has 6 heteroatoms. The number of oxime groups is 1. The number of halogens is 1. The molecule has 1 unspecified atom stereocenters. The van der Waals surface area contributed by atoms with Crippen molar-refractivity contribution in [3.05, 3.63) is 65.1 Å². The third kappa shape index (κ3) is 2.40. The van der Waals surface area contributed by atoms with Crippen molar-refractivity contribution in [1.29, 1.82) is 0 Å². The highest BCUT2D eigenvalue weighted by molar-refractivity contribution is 6.28. The molecule has 0 saturated heterocycles. The Balaban J connectivity index is 1.52. The van der Waals surface area contributed by atoms with Crippen molar-refractivity contribution >= 4 is 17.3 Å². The number of hydrogen-bond acceptors (Lipinski definition) is 5. The average molecular weight is 315 g/mol. The van der Waals surface area contributed by atoms with Crippen LogP contribution in [0.2, 0.25) is 5.22 Å². The molecule has 0 bridgehead atoms. The van der Waals surface area contributed by atoms with Gasteiger partial charge >= 0.3 is 0 Å². The molecule has 3 heterocycles. The molecule has 4 rings (SSSR count). The van der Waals surface area contributed by atoms with Gasteiger partial charge in [0, 0.05) is 12.5 Å². The van der Waals surface area contributed by atoms with Crippen LogP contribution < -0.4 is 0 Å². The van der Waals surface area contributed by atoms with Crippen LogP contribution in [0.5, 0.6) is 0 Å². The minimum Gasteiger partial charge on any atom is -0.443 e. The molecule has 0 radical (unpaired) electrons. The van der Waals surface area contributed by atoms with E-state index in [1.807, 2.05) is 30.3 Å². The van der Waals surface area contributed by atoms with Crippen molar-refractivity contribution in [3.8, 4) is 11.5 Å². The molecule has 0 spiro atoms. The Kier molecular flexibility index (Phi) is 3.20. The Morgan fingerprint density at radius 2 is 1.95 bits per heavy atom. The molecule has 0 N–H and O–H groups in total. The summed E-state index contributed by atoms with van der Waals surface area (Å²) in [7, 11) is 0. The van der Waals surface area contributed by atoms with Crippen LogP contribution in [0, 0.1) is 0 Å². The standard InChI is InChI=1S/C16H11ClN2O3/c17-16-7-6-13(20-16)12-9-15(22-19-12)14-8-11(18-21-14)10-4-2-1-3-5-10/h1-7,9,14H,8H2. The van der Waals surface area contributed by atoms with Crippen molar-refractivity contribution in [2.75, 3.05) is 0 Å². The van der Waals surface area contributed by atoms with E-state index in [0.717, 1.165) is 11.3 Å². The van der Waals surface area contributed by atoms with Crippen LogP contribution in [0.3, 0.4) is 0 Å². The predicted octanol–water partition coefficient (Wildman–Crippen LogP) is 4.45. The van der Waals surface area contributed by atoms with Crippen LogP contribution in [0.1, 0.15) is 23.8 Å². The van der Waals surface area contributed by atoms with E-state index in [9.17, 15) is 0 Å². The SMILES string of the molecule is Clc1ccc(-c2cc(C3CC(c4ccccc4)=NO3)on2)o1. The second-order valence-corrected chi connectivity index (χ2v) is 5.29. The number of benzene rings is 1. The van der Waals surface area contributed by atoms with Crippen molar-refractivity contribution in [1.82, 2.24) is 5.16 Å². The van der Waals surface area contributed by atoms with Gasteiger partial charge in [0.1, 0.15) is 5.69 Å². The van der Waals surface area contributed by atoms with E-state index in [1.54, 1.807) is 18.2 Å². The van der Waals surface area contributed by atoms with Gasteiger partial charge in [-0.15, -0.1) is 0 Å². The molecular formula is C16H11ClN2O3. The van der Waals surface area contributed by atoms with Gasteiger partial charge in [-0.25, -0.2) is 0 Å². The first-order valence-electron chi connectivity index (χ1n) is 6.80. The maximum atomic E-state index is 5.76. The van der Waals surface area contributed by atoms with Crippen LogP contribution in [0.25, 0.3) is 11.5 Å². The largest absolute Gasteiger partial charge is 0.443 e. The Bertz CT molecular complexity index is 823. The Morgan fingerprint density at radius 1 is 1.09 bits per heavy atom. The maximum Gasteiger partial charge on any atom is 0.194 e. The summed E-state index contributed by atoms with van der Waals surface area (Å²) in [6, 6.07) is 15.1. The number of nitrogens with zero attached hydrogens (tertiary/aromatic N) is 2. The molecule has 1 aromatic carbocycles. The van der Waals surface area contributed by atoms with Crippen LogP contribution in [0.15, 0.2) is 62.6 Å². The van der Waals surface area contributed by atoms with E-state index in [1.165, 1.54) is 0 Å². The third-order valence-electron chi connectivity index (χ3n) is 3.45. The second-order valence-electron chi connectivity index (χ2n) is 4.92. The van der Waals surface area contributed by atoms with Gasteiger partial charge in [0.05, 0.1) is 5.71 Å². The fourth-order valence-corrected chi connectivity index (χ4v) is 2.49. The molecule has 1 aliphatic rings. The molecule has 3 aromatic rings. The number of furan rings is 1. The van der Waals surface area contributed by atoms with E-state index in [0.29, 0.717) is 28.9 Å². The minimum absolute atomic E-state index is 0.276. The summed E-state index contributed by atoms with van der Waals surface area (Å²) in [5.74, 6) is 1.17.